The lowest BCUT2D eigenvalue weighted by molar-refractivity contribution is 0.208. The average Bonchev–Trinajstić information content (AvgIpc) is 2.83. The van der Waals surface area contributed by atoms with Crippen LogP contribution in [-0.4, -0.2) is 35.6 Å². The molecular weight excluding hydrogens is 296 g/mol. The number of fused-ring (bicyclic) bond motifs is 1. The molecule has 2 aliphatic rings. The molecule has 1 aliphatic heterocycles. The minimum absolute atomic E-state index is 0.244. The fourth-order valence-corrected chi connectivity index (χ4v) is 4.03. The molecule has 3 heteroatoms. The lowest BCUT2D eigenvalue weighted by atomic mass is 9.87. The third kappa shape index (κ3) is 4.95. The number of ether oxygens (including phenoxy) is 1. The van der Waals surface area contributed by atoms with Gasteiger partial charge in [-0.05, 0) is 44.2 Å². The molecule has 0 aromatic carbocycles. The first-order chi connectivity index (χ1) is 11.7. The molecule has 0 N–H and O–H groups in total. The SMILES string of the molecule is CC[C@@H](C)Oc1ccc2c(n1)CCN(CCC1CCCCC1)CC2. The van der Waals surface area contributed by atoms with Crippen molar-refractivity contribution in [2.75, 3.05) is 19.6 Å². The Bertz CT molecular complexity index is 511. The van der Waals surface area contributed by atoms with Gasteiger partial charge < -0.3 is 9.64 Å². The highest BCUT2D eigenvalue weighted by Crippen LogP contribution is 2.27. The van der Waals surface area contributed by atoms with Crippen LogP contribution in [-0.2, 0) is 12.8 Å². The molecule has 1 aromatic rings. The van der Waals surface area contributed by atoms with E-state index in [1.54, 1.807) is 0 Å². The van der Waals surface area contributed by atoms with Crippen LogP contribution >= 0.6 is 0 Å². The Hall–Kier alpha value is -1.09. The second-order valence-corrected chi connectivity index (χ2v) is 7.73. The lowest BCUT2D eigenvalue weighted by Gasteiger charge is -2.26. The van der Waals surface area contributed by atoms with Crippen LogP contribution in [0.4, 0.5) is 0 Å². The van der Waals surface area contributed by atoms with E-state index in [0.29, 0.717) is 0 Å². The summed E-state index contributed by atoms with van der Waals surface area (Å²) < 4.78 is 5.90. The van der Waals surface area contributed by atoms with Crippen molar-refractivity contribution >= 4 is 0 Å². The maximum Gasteiger partial charge on any atom is 0.213 e. The third-order valence-electron chi connectivity index (χ3n) is 5.88. The van der Waals surface area contributed by atoms with E-state index < -0.39 is 0 Å². The van der Waals surface area contributed by atoms with Gasteiger partial charge in [-0.3, -0.25) is 0 Å². The minimum Gasteiger partial charge on any atom is -0.475 e. The molecule has 1 aliphatic carbocycles. The highest BCUT2D eigenvalue weighted by atomic mass is 16.5. The zero-order valence-corrected chi connectivity index (χ0v) is 15.6. The van der Waals surface area contributed by atoms with Crippen LogP contribution in [0.1, 0.15) is 70.1 Å². The van der Waals surface area contributed by atoms with Crippen molar-refractivity contribution in [2.24, 2.45) is 5.92 Å². The highest BCUT2D eigenvalue weighted by molar-refractivity contribution is 5.27. The molecule has 0 spiro atoms. The zero-order valence-electron chi connectivity index (χ0n) is 15.6. The molecule has 3 rings (SSSR count). The average molecular weight is 331 g/mol. The summed E-state index contributed by atoms with van der Waals surface area (Å²) in [6, 6.07) is 4.30. The highest BCUT2D eigenvalue weighted by Gasteiger charge is 2.18. The summed E-state index contributed by atoms with van der Waals surface area (Å²) in [6.07, 6.45) is 12.2. The molecule has 1 atom stereocenters. The molecule has 0 saturated heterocycles. The molecule has 2 heterocycles. The molecule has 0 amide bonds. The molecule has 1 fully saturated rings. The van der Waals surface area contributed by atoms with E-state index in [1.165, 1.54) is 62.9 Å². The molecular formula is C21H34N2O. The van der Waals surface area contributed by atoms with Crippen LogP contribution < -0.4 is 4.74 Å². The Labute approximate surface area is 147 Å². The molecule has 1 saturated carbocycles. The predicted molar refractivity (Wildman–Crippen MR) is 99.7 cm³/mol. The zero-order chi connectivity index (χ0) is 16.8. The quantitative estimate of drug-likeness (QED) is 0.760. The maximum absolute atomic E-state index is 5.90. The van der Waals surface area contributed by atoms with E-state index in [9.17, 15) is 0 Å². The number of rotatable bonds is 6. The van der Waals surface area contributed by atoms with Crippen LogP contribution in [0, 0.1) is 5.92 Å². The number of aromatic nitrogens is 1. The van der Waals surface area contributed by atoms with Crippen LogP contribution in [0.5, 0.6) is 5.88 Å². The van der Waals surface area contributed by atoms with Crippen molar-refractivity contribution in [1.29, 1.82) is 0 Å². The normalized spacial score (nSPS) is 21.1. The van der Waals surface area contributed by atoms with E-state index in [-0.39, 0.29) is 6.10 Å². The van der Waals surface area contributed by atoms with Crippen molar-refractivity contribution in [3.63, 3.8) is 0 Å². The van der Waals surface area contributed by atoms with E-state index >= 15 is 0 Å². The van der Waals surface area contributed by atoms with E-state index in [4.69, 9.17) is 9.72 Å². The van der Waals surface area contributed by atoms with Gasteiger partial charge in [-0.25, -0.2) is 4.98 Å². The van der Waals surface area contributed by atoms with Gasteiger partial charge in [0.2, 0.25) is 5.88 Å². The monoisotopic (exact) mass is 330 g/mol. The van der Waals surface area contributed by atoms with Gasteiger partial charge in [-0.1, -0.05) is 45.1 Å². The fraction of sp³-hybridized carbons (Fsp3) is 0.762. The van der Waals surface area contributed by atoms with Gasteiger partial charge in [0.1, 0.15) is 0 Å². The molecule has 3 nitrogen and oxygen atoms in total. The first kappa shape index (κ1) is 17.7. The Morgan fingerprint density at radius 2 is 1.96 bits per heavy atom. The van der Waals surface area contributed by atoms with Crippen LogP contribution in [0.25, 0.3) is 0 Å². The molecule has 134 valence electrons. The fourth-order valence-electron chi connectivity index (χ4n) is 4.03. The van der Waals surface area contributed by atoms with Crippen molar-refractivity contribution in [3.05, 3.63) is 23.4 Å². The molecule has 0 unspecified atom stereocenters. The Morgan fingerprint density at radius 1 is 1.17 bits per heavy atom. The molecule has 0 bridgehead atoms. The van der Waals surface area contributed by atoms with Crippen molar-refractivity contribution in [2.45, 2.75) is 77.7 Å². The van der Waals surface area contributed by atoms with E-state index in [2.05, 4.69) is 30.9 Å². The summed E-state index contributed by atoms with van der Waals surface area (Å²) >= 11 is 0. The van der Waals surface area contributed by atoms with Crippen molar-refractivity contribution < 1.29 is 4.74 Å². The largest absolute Gasteiger partial charge is 0.475 e. The van der Waals surface area contributed by atoms with E-state index in [0.717, 1.165) is 37.6 Å². The van der Waals surface area contributed by atoms with Crippen molar-refractivity contribution in [1.82, 2.24) is 9.88 Å². The van der Waals surface area contributed by atoms with Gasteiger partial charge in [-0.2, -0.15) is 0 Å². The van der Waals surface area contributed by atoms with Gasteiger partial charge in [0.25, 0.3) is 0 Å². The third-order valence-corrected chi connectivity index (χ3v) is 5.88. The lowest BCUT2D eigenvalue weighted by Crippen LogP contribution is -2.29. The van der Waals surface area contributed by atoms with Gasteiger partial charge in [0.05, 0.1) is 6.10 Å². The van der Waals surface area contributed by atoms with E-state index in [1.807, 2.05) is 0 Å². The van der Waals surface area contributed by atoms with Gasteiger partial charge in [0, 0.05) is 31.3 Å². The first-order valence-corrected chi connectivity index (χ1v) is 10.1. The molecule has 1 aromatic heterocycles. The molecule has 0 radical (unpaired) electrons. The van der Waals surface area contributed by atoms with Gasteiger partial charge in [-0.15, -0.1) is 0 Å². The maximum atomic E-state index is 5.90. The summed E-state index contributed by atoms with van der Waals surface area (Å²) in [7, 11) is 0. The first-order valence-electron chi connectivity index (χ1n) is 10.1. The second kappa shape index (κ2) is 8.84. The Balaban J connectivity index is 1.52. The Morgan fingerprint density at radius 3 is 2.75 bits per heavy atom. The standard InChI is InChI=1S/C21H34N2O/c1-3-17(2)24-21-10-9-19-12-15-23(16-13-20(19)22-21)14-11-18-7-5-4-6-8-18/h9-10,17-18H,3-8,11-16H2,1-2H3/t17-/m1/s1. The minimum atomic E-state index is 0.244. The Kier molecular flexibility index (Phi) is 6.53. The number of pyridine rings is 1. The smallest absolute Gasteiger partial charge is 0.213 e. The van der Waals surface area contributed by atoms with Crippen LogP contribution in [0.2, 0.25) is 0 Å². The summed E-state index contributed by atoms with van der Waals surface area (Å²) in [5.41, 5.74) is 2.68. The predicted octanol–water partition coefficient (Wildman–Crippen LogP) is 4.63. The number of hydrogen-bond donors (Lipinski definition) is 0. The number of nitrogens with zero attached hydrogens (tertiary/aromatic N) is 2. The summed E-state index contributed by atoms with van der Waals surface area (Å²) in [4.78, 5) is 7.45. The van der Waals surface area contributed by atoms with Crippen LogP contribution in [0.3, 0.4) is 0 Å². The van der Waals surface area contributed by atoms with Gasteiger partial charge in [0.15, 0.2) is 0 Å². The summed E-state index contributed by atoms with van der Waals surface area (Å²) in [5.74, 6) is 1.79. The van der Waals surface area contributed by atoms with Crippen LogP contribution in [0.15, 0.2) is 12.1 Å². The second-order valence-electron chi connectivity index (χ2n) is 7.73. The summed E-state index contributed by atoms with van der Waals surface area (Å²) in [6.45, 7) is 7.88. The topological polar surface area (TPSA) is 25.4 Å². The number of hydrogen-bond acceptors (Lipinski definition) is 3. The summed E-state index contributed by atoms with van der Waals surface area (Å²) in [5, 5.41) is 0. The van der Waals surface area contributed by atoms with Crippen molar-refractivity contribution in [3.8, 4) is 5.88 Å². The molecule has 24 heavy (non-hydrogen) atoms. The van der Waals surface area contributed by atoms with Gasteiger partial charge >= 0.3 is 0 Å².